The normalized spacial score (nSPS) is 11.6. The van der Waals surface area contributed by atoms with E-state index in [1.165, 1.54) is 24.3 Å². The molecule has 0 aliphatic rings. The lowest BCUT2D eigenvalue weighted by Crippen LogP contribution is -2.24. The first kappa shape index (κ1) is 20.5. The lowest BCUT2D eigenvalue weighted by atomic mass is 10.1. The van der Waals surface area contributed by atoms with Crippen LogP contribution in [0.2, 0.25) is 0 Å². The maximum atomic E-state index is 13.2. The molecule has 0 aliphatic carbocycles. The average Bonchev–Trinajstić information content (AvgIpc) is 3.04. The van der Waals surface area contributed by atoms with Gasteiger partial charge in [-0.3, -0.25) is 4.79 Å². The summed E-state index contributed by atoms with van der Waals surface area (Å²) in [7, 11) is 0. The van der Waals surface area contributed by atoms with Gasteiger partial charge in [0.15, 0.2) is 5.69 Å². The van der Waals surface area contributed by atoms with Gasteiger partial charge in [-0.1, -0.05) is 13.8 Å². The van der Waals surface area contributed by atoms with Gasteiger partial charge < -0.3 is 10.4 Å². The topological polar surface area (TPSA) is 84.2 Å². The van der Waals surface area contributed by atoms with Gasteiger partial charge in [0.2, 0.25) is 0 Å². The summed E-state index contributed by atoms with van der Waals surface area (Å²) in [6.45, 7) is 4.68. The van der Waals surface area contributed by atoms with Crippen LogP contribution in [0.15, 0.2) is 30.5 Å². The van der Waals surface area contributed by atoms with Crippen LogP contribution in [-0.2, 0) is 6.18 Å². The fraction of sp³-hybridized carbons (Fsp3) is 0.389. The van der Waals surface area contributed by atoms with Crippen LogP contribution in [0.3, 0.4) is 0 Å². The number of carboxylic acid groups (broad SMARTS) is 1. The number of halogens is 3. The fourth-order valence-electron chi connectivity index (χ4n) is 2.54. The van der Waals surface area contributed by atoms with Crippen LogP contribution in [0, 0.1) is 5.92 Å². The van der Waals surface area contributed by atoms with E-state index in [1.54, 1.807) is 0 Å². The first-order valence-corrected chi connectivity index (χ1v) is 8.38. The van der Waals surface area contributed by atoms with E-state index in [0.717, 1.165) is 12.8 Å². The maximum Gasteiger partial charge on any atom is 0.434 e. The summed E-state index contributed by atoms with van der Waals surface area (Å²) in [5, 5.41) is 15.2. The third kappa shape index (κ3) is 5.08. The molecule has 1 heterocycles. The largest absolute Gasteiger partial charge is 0.478 e. The van der Waals surface area contributed by atoms with Crippen molar-refractivity contribution in [2.24, 2.45) is 5.92 Å². The number of aromatic nitrogens is 2. The van der Waals surface area contributed by atoms with Crippen molar-refractivity contribution in [3.63, 3.8) is 0 Å². The smallest absolute Gasteiger partial charge is 0.434 e. The number of amides is 1. The Hall–Kier alpha value is -2.84. The molecule has 2 rings (SSSR count). The van der Waals surface area contributed by atoms with E-state index in [9.17, 15) is 22.8 Å². The average molecular weight is 383 g/mol. The van der Waals surface area contributed by atoms with E-state index >= 15 is 0 Å². The van der Waals surface area contributed by atoms with E-state index in [0.29, 0.717) is 28.9 Å². The summed E-state index contributed by atoms with van der Waals surface area (Å²) < 4.78 is 40.2. The molecule has 9 heteroatoms. The zero-order chi connectivity index (χ0) is 20.2. The first-order valence-electron chi connectivity index (χ1n) is 8.38. The molecule has 0 spiro atoms. The molecule has 0 saturated carbocycles. The van der Waals surface area contributed by atoms with Crippen LogP contribution in [0.4, 0.5) is 13.2 Å². The SMILES string of the molecule is CC(C)CCCNC(=O)c1ccc(-n2ncc(C(=O)O)c2C(F)(F)F)cc1. The van der Waals surface area contributed by atoms with Crippen molar-refractivity contribution >= 4 is 11.9 Å². The van der Waals surface area contributed by atoms with Crippen LogP contribution in [0.5, 0.6) is 0 Å². The Bertz CT molecular complexity index is 811. The standard InChI is InChI=1S/C18H20F3N3O3/c1-11(2)4-3-9-22-16(25)12-5-7-13(8-6-12)24-15(18(19,20)21)14(10-23-24)17(26)27/h5-8,10-11H,3-4,9H2,1-2H3,(H,22,25)(H,26,27). The Morgan fingerprint density at radius 3 is 2.37 bits per heavy atom. The van der Waals surface area contributed by atoms with Crippen molar-refractivity contribution in [2.75, 3.05) is 6.54 Å². The number of carbonyl (C=O) groups is 2. The minimum atomic E-state index is -4.89. The molecule has 0 atom stereocenters. The summed E-state index contributed by atoms with van der Waals surface area (Å²) in [5.41, 5.74) is -2.01. The number of nitrogens with one attached hydrogen (secondary N) is 1. The van der Waals surface area contributed by atoms with Crippen LogP contribution >= 0.6 is 0 Å². The molecular weight excluding hydrogens is 363 g/mol. The Kier molecular flexibility index (Phi) is 6.24. The van der Waals surface area contributed by atoms with Gasteiger partial charge in [-0.25, -0.2) is 9.48 Å². The molecule has 0 aliphatic heterocycles. The zero-order valence-corrected chi connectivity index (χ0v) is 14.9. The molecule has 2 N–H and O–H groups in total. The van der Waals surface area contributed by atoms with E-state index in [1.807, 2.05) is 0 Å². The molecule has 0 fully saturated rings. The molecule has 27 heavy (non-hydrogen) atoms. The number of hydrogen-bond acceptors (Lipinski definition) is 3. The quantitative estimate of drug-likeness (QED) is 0.713. The van der Waals surface area contributed by atoms with E-state index < -0.39 is 23.4 Å². The van der Waals surface area contributed by atoms with E-state index in [2.05, 4.69) is 24.3 Å². The zero-order valence-electron chi connectivity index (χ0n) is 14.9. The summed E-state index contributed by atoms with van der Waals surface area (Å²) in [6.07, 6.45) is -2.43. The molecule has 1 aromatic heterocycles. The number of carboxylic acids is 1. The minimum Gasteiger partial charge on any atom is -0.478 e. The van der Waals surface area contributed by atoms with Gasteiger partial charge in [0.1, 0.15) is 5.56 Å². The Morgan fingerprint density at radius 1 is 1.22 bits per heavy atom. The third-order valence-corrected chi connectivity index (χ3v) is 3.89. The van der Waals surface area contributed by atoms with Gasteiger partial charge in [0.25, 0.3) is 5.91 Å². The van der Waals surface area contributed by atoms with Crippen molar-refractivity contribution in [3.8, 4) is 5.69 Å². The molecule has 0 saturated heterocycles. The number of hydrogen-bond donors (Lipinski definition) is 2. The highest BCUT2D eigenvalue weighted by atomic mass is 19.4. The summed E-state index contributed by atoms with van der Waals surface area (Å²) in [4.78, 5) is 23.1. The Morgan fingerprint density at radius 2 is 1.85 bits per heavy atom. The number of rotatable bonds is 7. The number of aromatic carboxylic acids is 1. The number of nitrogens with zero attached hydrogens (tertiary/aromatic N) is 2. The highest BCUT2D eigenvalue weighted by Gasteiger charge is 2.40. The van der Waals surface area contributed by atoms with Crippen molar-refractivity contribution < 1.29 is 27.9 Å². The van der Waals surface area contributed by atoms with Gasteiger partial charge >= 0.3 is 12.1 Å². The van der Waals surface area contributed by atoms with Crippen LogP contribution in [0.25, 0.3) is 5.69 Å². The monoisotopic (exact) mass is 383 g/mol. The van der Waals surface area contributed by atoms with Gasteiger partial charge in [-0.2, -0.15) is 18.3 Å². The van der Waals surface area contributed by atoms with Crippen molar-refractivity contribution in [1.82, 2.24) is 15.1 Å². The second-order valence-electron chi connectivity index (χ2n) is 6.46. The Labute approximate surface area is 154 Å². The fourth-order valence-corrected chi connectivity index (χ4v) is 2.54. The van der Waals surface area contributed by atoms with Crippen LogP contribution in [-0.4, -0.2) is 33.3 Å². The summed E-state index contributed by atoms with van der Waals surface area (Å²) in [5.74, 6) is -1.51. The predicted molar refractivity (Wildman–Crippen MR) is 91.9 cm³/mol. The van der Waals surface area contributed by atoms with Crippen molar-refractivity contribution in [2.45, 2.75) is 32.9 Å². The molecule has 146 valence electrons. The molecule has 0 radical (unpaired) electrons. The number of alkyl halides is 3. The first-order chi connectivity index (χ1) is 12.6. The van der Waals surface area contributed by atoms with E-state index in [-0.39, 0.29) is 11.6 Å². The Balaban J connectivity index is 2.18. The predicted octanol–water partition coefficient (Wildman–Crippen LogP) is 3.76. The molecule has 1 aromatic carbocycles. The van der Waals surface area contributed by atoms with Crippen molar-refractivity contribution in [1.29, 1.82) is 0 Å². The van der Waals surface area contributed by atoms with Crippen LogP contribution < -0.4 is 5.32 Å². The lowest BCUT2D eigenvalue weighted by Gasteiger charge is -2.12. The lowest BCUT2D eigenvalue weighted by molar-refractivity contribution is -0.143. The summed E-state index contributed by atoms with van der Waals surface area (Å²) in [6, 6.07) is 5.32. The van der Waals surface area contributed by atoms with Gasteiger partial charge in [0, 0.05) is 12.1 Å². The molecule has 1 amide bonds. The highest BCUT2D eigenvalue weighted by Crippen LogP contribution is 2.33. The molecular formula is C18H20F3N3O3. The third-order valence-electron chi connectivity index (χ3n) is 3.89. The molecule has 0 unspecified atom stereocenters. The van der Waals surface area contributed by atoms with Gasteiger partial charge in [-0.15, -0.1) is 0 Å². The van der Waals surface area contributed by atoms with Crippen molar-refractivity contribution in [3.05, 3.63) is 47.3 Å². The van der Waals surface area contributed by atoms with Crippen LogP contribution in [0.1, 0.15) is 53.1 Å². The molecule has 0 bridgehead atoms. The highest BCUT2D eigenvalue weighted by molar-refractivity contribution is 5.94. The summed E-state index contributed by atoms with van der Waals surface area (Å²) >= 11 is 0. The second kappa shape index (κ2) is 8.24. The van der Waals surface area contributed by atoms with Gasteiger partial charge in [0.05, 0.1) is 11.9 Å². The number of benzene rings is 1. The van der Waals surface area contributed by atoms with E-state index in [4.69, 9.17) is 5.11 Å². The van der Waals surface area contributed by atoms with Gasteiger partial charge in [-0.05, 0) is 43.0 Å². The number of carbonyl (C=O) groups excluding carboxylic acids is 1. The second-order valence-corrected chi connectivity index (χ2v) is 6.46. The molecule has 2 aromatic rings. The maximum absolute atomic E-state index is 13.2. The minimum absolute atomic E-state index is 0.00572. The molecule has 6 nitrogen and oxygen atoms in total.